The Morgan fingerprint density at radius 2 is 1.81 bits per heavy atom. The zero-order valence-corrected chi connectivity index (χ0v) is 20.5. The Bertz CT molecular complexity index is 1420. The van der Waals surface area contributed by atoms with E-state index in [-0.39, 0.29) is 11.8 Å². The molecule has 8 heteroatoms. The highest BCUT2D eigenvalue weighted by Crippen LogP contribution is 2.38. The molecule has 2 aliphatic heterocycles. The van der Waals surface area contributed by atoms with Gasteiger partial charge in [-0.05, 0) is 42.8 Å². The van der Waals surface area contributed by atoms with E-state index in [9.17, 15) is 4.79 Å². The van der Waals surface area contributed by atoms with Crippen LogP contribution >= 0.6 is 11.6 Å². The van der Waals surface area contributed by atoms with Crippen molar-refractivity contribution in [2.24, 2.45) is 0 Å². The van der Waals surface area contributed by atoms with Gasteiger partial charge in [0, 0.05) is 37.2 Å². The molecule has 0 saturated carbocycles. The first kappa shape index (κ1) is 22.7. The first-order valence-electron chi connectivity index (χ1n) is 12.2. The van der Waals surface area contributed by atoms with E-state index < -0.39 is 0 Å². The van der Waals surface area contributed by atoms with Gasteiger partial charge in [0.25, 0.3) is 0 Å². The Labute approximate surface area is 214 Å². The summed E-state index contributed by atoms with van der Waals surface area (Å²) in [4.78, 5) is 19.9. The van der Waals surface area contributed by atoms with Crippen LogP contribution in [0.15, 0.2) is 66.7 Å². The van der Waals surface area contributed by atoms with Crippen LogP contribution in [-0.2, 0) is 11.3 Å². The Balaban J connectivity index is 1.21. The van der Waals surface area contributed by atoms with Gasteiger partial charge in [-0.15, -0.1) is 0 Å². The smallest absolute Gasteiger partial charge is 0.227 e. The Morgan fingerprint density at radius 1 is 1.00 bits per heavy atom. The lowest BCUT2D eigenvalue weighted by Crippen LogP contribution is -2.25. The van der Waals surface area contributed by atoms with E-state index in [2.05, 4.69) is 10.6 Å². The average molecular weight is 504 g/mol. The van der Waals surface area contributed by atoms with Crippen LogP contribution in [0.1, 0.15) is 24.6 Å². The Kier molecular flexibility index (Phi) is 6.15. The van der Waals surface area contributed by atoms with E-state index in [4.69, 9.17) is 30.8 Å². The number of rotatable bonds is 7. The number of carbonyl (C=O) groups excluding carboxylic acids is 1. The van der Waals surface area contributed by atoms with Crippen molar-refractivity contribution in [3.63, 3.8) is 0 Å². The molecule has 0 radical (unpaired) electrons. The number of amides is 1. The second-order valence-electron chi connectivity index (χ2n) is 8.98. The van der Waals surface area contributed by atoms with Crippen molar-refractivity contribution in [2.75, 3.05) is 31.3 Å². The van der Waals surface area contributed by atoms with Crippen molar-refractivity contribution in [1.29, 1.82) is 0 Å². The van der Waals surface area contributed by atoms with Crippen molar-refractivity contribution >= 4 is 34.2 Å². The number of aromatic nitrogens is 2. The highest BCUT2D eigenvalue weighted by atomic mass is 35.5. The molecule has 1 saturated heterocycles. The summed E-state index contributed by atoms with van der Waals surface area (Å²) in [6.45, 7) is 2.88. The summed E-state index contributed by atoms with van der Waals surface area (Å²) >= 11 is 6.22. The number of fused-ring (bicyclic) bond motifs is 2. The minimum atomic E-state index is -0.0115. The van der Waals surface area contributed by atoms with Gasteiger partial charge in [-0.25, -0.2) is 4.98 Å². The molecule has 0 aliphatic carbocycles. The van der Waals surface area contributed by atoms with Gasteiger partial charge >= 0.3 is 0 Å². The fourth-order valence-electron chi connectivity index (χ4n) is 4.94. The molecule has 6 rings (SSSR count). The first-order chi connectivity index (χ1) is 17.7. The highest BCUT2D eigenvalue weighted by molar-refractivity contribution is 6.32. The lowest BCUT2D eigenvalue weighted by atomic mass is 10.1. The largest absolute Gasteiger partial charge is 0.492 e. The minimum Gasteiger partial charge on any atom is -0.492 e. The van der Waals surface area contributed by atoms with Crippen LogP contribution in [0.5, 0.6) is 17.2 Å². The van der Waals surface area contributed by atoms with E-state index in [0.717, 1.165) is 35.5 Å². The number of ether oxygens (including phenoxy) is 3. The zero-order valence-electron chi connectivity index (χ0n) is 19.7. The Morgan fingerprint density at radius 3 is 2.69 bits per heavy atom. The predicted molar refractivity (Wildman–Crippen MR) is 138 cm³/mol. The summed E-state index contributed by atoms with van der Waals surface area (Å²) in [5, 5.41) is 0.606. The van der Waals surface area contributed by atoms with Crippen molar-refractivity contribution < 1.29 is 19.0 Å². The molecule has 0 spiro atoms. The van der Waals surface area contributed by atoms with E-state index in [0.29, 0.717) is 55.1 Å². The lowest BCUT2D eigenvalue weighted by Gasteiger charge is -2.22. The quantitative estimate of drug-likeness (QED) is 0.314. The van der Waals surface area contributed by atoms with Crippen LogP contribution < -0.4 is 19.1 Å². The second kappa shape index (κ2) is 9.74. The van der Waals surface area contributed by atoms with Crippen molar-refractivity contribution in [3.05, 3.63) is 77.6 Å². The molecule has 1 aromatic heterocycles. The maximum absolute atomic E-state index is 13.1. The topological polar surface area (TPSA) is 65.8 Å². The number of imidazole rings is 1. The van der Waals surface area contributed by atoms with Crippen molar-refractivity contribution in [3.8, 4) is 17.2 Å². The predicted octanol–water partition coefficient (Wildman–Crippen LogP) is 5.45. The van der Waals surface area contributed by atoms with Crippen molar-refractivity contribution in [2.45, 2.75) is 25.3 Å². The normalized spacial score (nSPS) is 17.1. The van der Waals surface area contributed by atoms with Gasteiger partial charge in [0.1, 0.15) is 24.8 Å². The molecule has 0 bridgehead atoms. The number of aryl methyl sites for hydroxylation is 1. The molecular formula is C28H26ClN3O4. The van der Waals surface area contributed by atoms with E-state index in [1.807, 2.05) is 65.6 Å². The molecule has 1 amide bonds. The maximum atomic E-state index is 13.1. The SMILES string of the molecule is O=C1CC(c2nc3ccccc3n2CCCOc2ccccc2Cl)CN1c1ccc2c(c1)OCCO2. The Hall–Kier alpha value is -3.71. The molecule has 0 N–H and O–H groups in total. The van der Waals surface area contributed by atoms with Crippen LogP contribution in [0.4, 0.5) is 5.69 Å². The molecule has 1 atom stereocenters. The van der Waals surface area contributed by atoms with Gasteiger partial charge in [0.2, 0.25) is 5.91 Å². The summed E-state index contributed by atoms with van der Waals surface area (Å²) in [5.41, 5.74) is 2.82. The number of anilines is 1. The van der Waals surface area contributed by atoms with Gasteiger partial charge in [0.15, 0.2) is 11.5 Å². The van der Waals surface area contributed by atoms with Gasteiger partial charge in [-0.2, -0.15) is 0 Å². The summed E-state index contributed by atoms with van der Waals surface area (Å²) in [5.74, 6) is 3.09. The monoisotopic (exact) mass is 503 g/mol. The minimum absolute atomic E-state index is 0.0115. The summed E-state index contributed by atoms with van der Waals surface area (Å²) < 4.78 is 19.5. The van der Waals surface area contributed by atoms with Crippen molar-refractivity contribution in [1.82, 2.24) is 9.55 Å². The molecule has 1 fully saturated rings. The van der Waals surface area contributed by atoms with Crippen LogP contribution in [0.3, 0.4) is 0 Å². The first-order valence-corrected chi connectivity index (χ1v) is 12.6. The number of hydrogen-bond donors (Lipinski definition) is 0. The molecule has 3 aromatic carbocycles. The molecule has 3 heterocycles. The molecule has 184 valence electrons. The van der Waals surface area contributed by atoms with Gasteiger partial charge < -0.3 is 23.7 Å². The molecule has 4 aromatic rings. The molecule has 1 unspecified atom stereocenters. The van der Waals surface area contributed by atoms with E-state index in [1.54, 1.807) is 0 Å². The molecule has 7 nitrogen and oxygen atoms in total. The number of para-hydroxylation sites is 3. The summed E-state index contributed by atoms with van der Waals surface area (Å²) in [7, 11) is 0. The standard InChI is InChI=1S/C28H26ClN3O4/c29-21-6-1-4-9-24(21)34-13-5-12-31-23-8-3-2-7-22(23)30-28(31)19-16-27(33)32(18-19)20-10-11-25-26(17-20)36-15-14-35-25/h1-4,6-11,17,19H,5,12-16,18H2. The van der Waals surface area contributed by atoms with E-state index in [1.165, 1.54) is 0 Å². The van der Waals surface area contributed by atoms with Gasteiger partial charge in [-0.3, -0.25) is 4.79 Å². The molecular weight excluding hydrogens is 478 g/mol. The number of carbonyl (C=O) groups is 1. The number of benzene rings is 3. The number of hydrogen-bond acceptors (Lipinski definition) is 5. The summed E-state index contributed by atoms with van der Waals surface area (Å²) in [6.07, 6.45) is 1.19. The molecule has 2 aliphatic rings. The third kappa shape index (κ3) is 4.35. The van der Waals surface area contributed by atoms with E-state index >= 15 is 0 Å². The summed E-state index contributed by atoms with van der Waals surface area (Å²) in [6, 6.07) is 21.3. The highest BCUT2D eigenvalue weighted by Gasteiger charge is 2.35. The van der Waals surface area contributed by atoms with Crippen LogP contribution in [0.25, 0.3) is 11.0 Å². The number of nitrogens with zero attached hydrogens (tertiary/aromatic N) is 3. The zero-order chi connectivity index (χ0) is 24.5. The average Bonchev–Trinajstić information content (AvgIpc) is 3.47. The van der Waals surface area contributed by atoms with Gasteiger partial charge in [-0.1, -0.05) is 35.9 Å². The van der Waals surface area contributed by atoms with Crippen LogP contribution in [0, 0.1) is 0 Å². The van der Waals surface area contributed by atoms with Crippen LogP contribution in [-0.4, -0.2) is 41.8 Å². The molecule has 36 heavy (non-hydrogen) atoms. The third-order valence-electron chi connectivity index (χ3n) is 6.63. The maximum Gasteiger partial charge on any atom is 0.227 e. The third-order valence-corrected chi connectivity index (χ3v) is 6.94. The van der Waals surface area contributed by atoms with Gasteiger partial charge in [0.05, 0.1) is 22.7 Å². The fourth-order valence-corrected chi connectivity index (χ4v) is 5.13. The number of halogens is 1. The fraction of sp³-hybridized carbons (Fsp3) is 0.286. The second-order valence-corrected chi connectivity index (χ2v) is 9.38. The lowest BCUT2D eigenvalue weighted by molar-refractivity contribution is -0.117. The van der Waals surface area contributed by atoms with Crippen LogP contribution in [0.2, 0.25) is 5.02 Å².